The topological polar surface area (TPSA) is 71.2 Å². The molecule has 5 heteroatoms. The molecule has 0 radical (unpaired) electrons. The number of nitrogens with one attached hydrogen (secondary N) is 1. The molecule has 0 saturated heterocycles. The molecule has 0 aliphatic heterocycles. The van der Waals surface area contributed by atoms with Crippen LogP contribution in [0.5, 0.6) is 0 Å². The zero-order chi connectivity index (χ0) is 15.2. The third-order valence-corrected chi connectivity index (χ3v) is 3.56. The molecule has 2 aromatic rings. The van der Waals surface area contributed by atoms with Crippen LogP contribution >= 0.6 is 0 Å². The largest absolute Gasteiger partial charge is 0.396 e. The number of rotatable bonds is 6. The molecule has 5 nitrogen and oxygen atoms in total. The monoisotopic (exact) mass is 286 g/mol. The van der Waals surface area contributed by atoms with Crippen LogP contribution in [0.15, 0.2) is 30.5 Å². The number of carbonyl (C=O) groups is 1. The molecule has 1 aromatic carbocycles. The molecule has 0 fully saturated rings. The maximum atomic E-state index is 12.0. The molecular weight excluding hydrogens is 264 g/mol. The molecule has 0 unspecified atom stereocenters. The van der Waals surface area contributed by atoms with Gasteiger partial charge in [-0.25, -0.2) is 0 Å². The summed E-state index contributed by atoms with van der Waals surface area (Å²) in [6, 6.07) is 7.82. The fraction of sp³-hybridized carbons (Fsp3) is 0.375. The normalized spacial score (nSPS) is 10.6. The van der Waals surface area contributed by atoms with Gasteiger partial charge in [0, 0.05) is 31.4 Å². The van der Waals surface area contributed by atoms with Crippen LogP contribution < -0.4 is 11.1 Å². The molecule has 0 spiro atoms. The van der Waals surface area contributed by atoms with E-state index < -0.39 is 0 Å². The van der Waals surface area contributed by atoms with Crippen molar-refractivity contribution >= 4 is 28.2 Å². The lowest BCUT2D eigenvalue weighted by Gasteiger charge is -2.19. The third-order valence-electron chi connectivity index (χ3n) is 3.56. The number of nitrogens with two attached hydrogens (primary N) is 1. The summed E-state index contributed by atoms with van der Waals surface area (Å²) in [6.07, 6.45) is 2.11. The van der Waals surface area contributed by atoms with Gasteiger partial charge >= 0.3 is 0 Å². The first-order chi connectivity index (χ1) is 10.2. The van der Waals surface area contributed by atoms with Gasteiger partial charge in [-0.15, -0.1) is 0 Å². The Morgan fingerprint density at radius 2 is 2.00 bits per heavy atom. The number of nitrogen functional groups attached to an aromatic ring is 1. The number of pyridine rings is 1. The van der Waals surface area contributed by atoms with E-state index in [0.717, 1.165) is 29.7 Å². The van der Waals surface area contributed by atoms with Gasteiger partial charge in [0.05, 0.1) is 23.1 Å². The van der Waals surface area contributed by atoms with E-state index in [1.807, 2.05) is 43.0 Å². The van der Waals surface area contributed by atoms with Crippen molar-refractivity contribution in [1.29, 1.82) is 0 Å². The highest BCUT2D eigenvalue weighted by Crippen LogP contribution is 2.27. The van der Waals surface area contributed by atoms with E-state index in [2.05, 4.69) is 10.3 Å². The van der Waals surface area contributed by atoms with Crippen molar-refractivity contribution in [2.24, 2.45) is 0 Å². The first kappa shape index (κ1) is 15.1. The van der Waals surface area contributed by atoms with Crippen LogP contribution in [0.4, 0.5) is 11.4 Å². The maximum Gasteiger partial charge on any atom is 0.224 e. The predicted molar refractivity (Wildman–Crippen MR) is 87.2 cm³/mol. The lowest BCUT2D eigenvalue weighted by atomic mass is 10.1. The Bertz CT molecular complexity index is 623. The van der Waals surface area contributed by atoms with E-state index in [9.17, 15) is 4.79 Å². The van der Waals surface area contributed by atoms with Crippen molar-refractivity contribution in [2.75, 3.05) is 30.7 Å². The van der Waals surface area contributed by atoms with E-state index in [1.165, 1.54) is 0 Å². The number of para-hydroxylation sites is 1. The van der Waals surface area contributed by atoms with Gasteiger partial charge in [0.25, 0.3) is 0 Å². The van der Waals surface area contributed by atoms with Crippen LogP contribution in [0.2, 0.25) is 0 Å². The van der Waals surface area contributed by atoms with Gasteiger partial charge in [-0.2, -0.15) is 0 Å². The second kappa shape index (κ2) is 6.92. The fourth-order valence-corrected chi connectivity index (χ4v) is 2.38. The number of nitrogens with zero attached hydrogens (tertiary/aromatic N) is 2. The van der Waals surface area contributed by atoms with E-state index in [0.29, 0.717) is 18.7 Å². The summed E-state index contributed by atoms with van der Waals surface area (Å²) in [5, 5.41) is 4.26. The number of hydrogen-bond donors (Lipinski definition) is 2. The number of fused-ring (bicyclic) bond motifs is 1. The van der Waals surface area contributed by atoms with Crippen LogP contribution in [0, 0.1) is 0 Å². The van der Waals surface area contributed by atoms with Crippen molar-refractivity contribution in [2.45, 2.75) is 20.3 Å². The van der Waals surface area contributed by atoms with Crippen molar-refractivity contribution < 1.29 is 4.79 Å². The van der Waals surface area contributed by atoms with Gasteiger partial charge in [0.2, 0.25) is 5.91 Å². The second-order valence-electron chi connectivity index (χ2n) is 4.85. The summed E-state index contributed by atoms with van der Waals surface area (Å²) >= 11 is 0. The number of anilines is 2. The molecule has 1 aromatic heterocycles. The molecule has 0 saturated carbocycles. The Morgan fingerprint density at radius 1 is 1.29 bits per heavy atom. The minimum Gasteiger partial charge on any atom is -0.396 e. The summed E-state index contributed by atoms with van der Waals surface area (Å²) in [5.74, 6) is 0.157. The number of hydrogen-bond acceptors (Lipinski definition) is 4. The molecule has 21 heavy (non-hydrogen) atoms. The van der Waals surface area contributed by atoms with Crippen LogP contribution in [0.25, 0.3) is 10.9 Å². The molecule has 3 N–H and O–H groups in total. The second-order valence-corrected chi connectivity index (χ2v) is 4.85. The predicted octanol–water partition coefficient (Wildman–Crippen LogP) is 2.49. The highest BCUT2D eigenvalue weighted by atomic mass is 16.2. The first-order valence-corrected chi connectivity index (χ1v) is 7.32. The Hall–Kier alpha value is -2.30. The highest BCUT2D eigenvalue weighted by molar-refractivity contribution is 5.96. The van der Waals surface area contributed by atoms with Crippen LogP contribution in [0.3, 0.4) is 0 Å². The Kier molecular flexibility index (Phi) is 4.98. The van der Waals surface area contributed by atoms with E-state index in [1.54, 1.807) is 6.20 Å². The molecule has 112 valence electrons. The molecular formula is C16H22N4O. The molecule has 0 aliphatic carbocycles. The van der Waals surface area contributed by atoms with E-state index >= 15 is 0 Å². The molecule has 1 amide bonds. The maximum absolute atomic E-state index is 12.0. The van der Waals surface area contributed by atoms with Gasteiger partial charge < -0.3 is 16.0 Å². The van der Waals surface area contributed by atoms with Gasteiger partial charge in [0.1, 0.15) is 0 Å². The number of amides is 1. The molecule has 0 atom stereocenters. The molecule has 0 bridgehead atoms. The summed E-state index contributed by atoms with van der Waals surface area (Å²) in [5.41, 5.74) is 8.34. The zero-order valence-corrected chi connectivity index (χ0v) is 12.6. The van der Waals surface area contributed by atoms with Gasteiger partial charge in [0.15, 0.2) is 0 Å². The SMILES string of the molecule is CCN(CC)C(=O)CCNc1c(N)cnc2ccccc12. The van der Waals surface area contributed by atoms with E-state index in [-0.39, 0.29) is 5.91 Å². The Morgan fingerprint density at radius 3 is 2.71 bits per heavy atom. The summed E-state index contributed by atoms with van der Waals surface area (Å²) in [7, 11) is 0. The quantitative estimate of drug-likeness (QED) is 0.856. The lowest BCUT2D eigenvalue weighted by molar-refractivity contribution is -0.130. The fourth-order valence-electron chi connectivity index (χ4n) is 2.38. The van der Waals surface area contributed by atoms with Crippen molar-refractivity contribution in [3.05, 3.63) is 30.5 Å². The number of benzene rings is 1. The number of carbonyl (C=O) groups excluding carboxylic acids is 1. The minimum atomic E-state index is 0.157. The van der Waals surface area contributed by atoms with Gasteiger partial charge in [-0.05, 0) is 19.9 Å². The first-order valence-electron chi connectivity index (χ1n) is 7.32. The number of aromatic nitrogens is 1. The summed E-state index contributed by atoms with van der Waals surface area (Å²) in [6.45, 7) is 6.03. The minimum absolute atomic E-state index is 0.157. The van der Waals surface area contributed by atoms with E-state index in [4.69, 9.17) is 5.73 Å². The van der Waals surface area contributed by atoms with Crippen molar-refractivity contribution in [3.63, 3.8) is 0 Å². The molecule has 1 heterocycles. The Balaban J connectivity index is 2.07. The van der Waals surface area contributed by atoms with Crippen LogP contribution in [0.1, 0.15) is 20.3 Å². The van der Waals surface area contributed by atoms with Crippen LogP contribution in [-0.4, -0.2) is 35.4 Å². The van der Waals surface area contributed by atoms with Crippen molar-refractivity contribution in [3.8, 4) is 0 Å². The standard InChI is InChI=1S/C16H22N4O/c1-3-20(4-2)15(21)9-10-18-16-12-7-5-6-8-14(12)19-11-13(16)17/h5-8,11H,3-4,9-10,17H2,1-2H3,(H,18,19). The van der Waals surface area contributed by atoms with Crippen LogP contribution in [-0.2, 0) is 4.79 Å². The lowest BCUT2D eigenvalue weighted by Crippen LogP contribution is -2.31. The molecule has 0 aliphatic rings. The van der Waals surface area contributed by atoms with Crippen molar-refractivity contribution in [1.82, 2.24) is 9.88 Å². The third kappa shape index (κ3) is 3.42. The molecule has 2 rings (SSSR count). The zero-order valence-electron chi connectivity index (χ0n) is 12.6. The summed E-state index contributed by atoms with van der Waals surface area (Å²) in [4.78, 5) is 18.1. The average molecular weight is 286 g/mol. The van der Waals surface area contributed by atoms with Gasteiger partial charge in [-0.1, -0.05) is 18.2 Å². The van der Waals surface area contributed by atoms with Gasteiger partial charge in [-0.3, -0.25) is 9.78 Å². The highest BCUT2D eigenvalue weighted by Gasteiger charge is 2.10. The Labute approximate surface area is 125 Å². The summed E-state index contributed by atoms with van der Waals surface area (Å²) < 4.78 is 0. The smallest absolute Gasteiger partial charge is 0.224 e. The average Bonchev–Trinajstić information content (AvgIpc) is 2.50.